The van der Waals surface area contributed by atoms with E-state index in [2.05, 4.69) is 9.97 Å². The van der Waals surface area contributed by atoms with Gasteiger partial charge in [0.05, 0.1) is 17.4 Å². The van der Waals surface area contributed by atoms with Crippen molar-refractivity contribution < 1.29 is 9.50 Å². The summed E-state index contributed by atoms with van der Waals surface area (Å²) in [4.78, 5) is 8.19. The highest BCUT2D eigenvalue weighted by Crippen LogP contribution is 2.25. The molecule has 3 aromatic rings. The number of nitrogens with zero attached hydrogens (tertiary/aromatic N) is 2. The van der Waals surface area contributed by atoms with Crippen LogP contribution in [0.2, 0.25) is 0 Å². The summed E-state index contributed by atoms with van der Waals surface area (Å²) in [6.45, 7) is 1.96. The lowest BCUT2D eigenvalue weighted by Crippen LogP contribution is -2.04. The molecule has 0 saturated heterocycles. The van der Waals surface area contributed by atoms with Crippen molar-refractivity contribution >= 4 is 10.9 Å². The van der Waals surface area contributed by atoms with Crippen LogP contribution in [0.15, 0.2) is 48.8 Å². The molecule has 2 heterocycles. The molecule has 1 aromatic carbocycles. The predicted molar refractivity (Wildman–Crippen MR) is 74.7 cm³/mol. The summed E-state index contributed by atoms with van der Waals surface area (Å²) in [5.41, 5.74) is 2.72. The number of aryl methyl sites for hydroxylation is 1. The molecule has 0 aliphatic heterocycles. The Hall–Kier alpha value is -2.33. The quantitative estimate of drug-likeness (QED) is 0.776. The number of halogens is 1. The summed E-state index contributed by atoms with van der Waals surface area (Å²) in [5, 5.41) is 11.4. The SMILES string of the molecule is Cc1cc(C(O)c2cncc(F)c2)nc2ccccc12. The molecule has 100 valence electrons. The minimum Gasteiger partial charge on any atom is -0.382 e. The van der Waals surface area contributed by atoms with E-state index in [1.165, 1.54) is 12.3 Å². The first kappa shape index (κ1) is 12.7. The summed E-state index contributed by atoms with van der Waals surface area (Å²) in [6, 6.07) is 10.8. The average molecular weight is 268 g/mol. The molecule has 1 N–H and O–H groups in total. The molecule has 20 heavy (non-hydrogen) atoms. The third-order valence-corrected chi connectivity index (χ3v) is 3.26. The number of aliphatic hydroxyl groups excluding tert-OH is 1. The van der Waals surface area contributed by atoms with Gasteiger partial charge in [0.25, 0.3) is 0 Å². The molecular formula is C16H13FN2O. The highest BCUT2D eigenvalue weighted by molar-refractivity contribution is 5.82. The molecule has 0 amide bonds. The maximum absolute atomic E-state index is 13.2. The van der Waals surface area contributed by atoms with Crippen LogP contribution < -0.4 is 0 Å². The first-order chi connectivity index (χ1) is 9.65. The van der Waals surface area contributed by atoms with E-state index in [1.807, 2.05) is 37.3 Å². The summed E-state index contributed by atoms with van der Waals surface area (Å²) >= 11 is 0. The van der Waals surface area contributed by atoms with Gasteiger partial charge in [-0.1, -0.05) is 18.2 Å². The van der Waals surface area contributed by atoms with Gasteiger partial charge in [-0.3, -0.25) is 4.98 Å². The smallest absolute Gasteiger partial charge is 0.141 e. The summed E-state index contributed by atoms with van der Waals surface area (Å²) in [5.74, 6) is -0.473. The number of aromatic nitrogens is 2. The zero-order chi connectivity index (χ0) is 14.1. The van der Waals surface area contributed by atoms with Crippen LogP contribution in [0.1, 0.15) is 22.9 Å². The molecule has 0 aliphatic carbocycles. The van der Waals surface area contributed by atoms with E-state index >= 15 is 0 Å². The largest absolute Gasteiger partial charge is 0.382 e. The molecule has 2 aromatic heterocycles. The standard InChI is InChI=1S/C16H13FN2O/c1-10-6-15(19-14-5-3-2-4-13(10)14)16(20)11-7-12(17)9-18-8-11/h2-9,16,20H,1H3. The van der Waals surface area contributed by atoms with Crippen molar-refractivity contribution in [2.45, 2.75) is 13.0 Å². The van der Waals surface area contributed by atoms with Gasteiger partial charge in [-0.05, 0) is 30.7 Å². The fourth-order valence-electron chi connectivity index (χ4n) is 2.26. The zero-order valence-electron chi connectivity index (χ0n) is 10.9. The van der Waals surface area contributed by atoms with Gasteiger partial charge in [0.15, 0.2) is 0 Å². The van der Waals surface area contributed by atoms with E-state index in [0.29, 0.717) is 11.3 Å². The van der Waals surface area contributed by atoms with Gasteiger partial charge in [-0.15, -0.1) is 0 Å². The van der Waals surface area contributed by atoms with Crippen molar-refractivity contribution in [3.8, 4) is 0 Å². The minimum absolute atomic E-state index is 0.396. The fourth-order valence-corrected chi connectivity index (χ4v) is 2.26. The molecule has 0 spiro atoms. The van der Waals surface area contributed by atoms with Gasteiger partial charge < -0.3 is 5.11 Å². The number of rotatable bonds is 2. The maximum Gasteiger partial charge on any atom is 0.141 e. The van der Waals surface area contributed by atoms with E-state index < -0.39 is 11.9 Å². The van der Waals surface area contributed by atoms with Crippen LogP contribution in [0.25, 0.3) is 10.9 Å². The van der Waals surface area contributed by atoms with Gasteiger partial charge >= 0.3 is 0 Å². The van der Waals surface area contributed by atoms with Crippen molar-refractivity contribution in [3.63, 3.8) is 0 Å². The number of fused-ring (bicyclic) bond motifs is 1. The Morgan fingerprint density at radius 3 is 2.75 bits per heavy atom. The number of para-hydroxylation sites is 1. The lowest BCUT2D eigenvalue weighted by molar-refractivity contribution is 0.214. The molecule has 0 fully saturated rings. The highest BCUT2D eigenvalue weighted by atomic mass is 19.1. The lowest BCUT2D eigenvalue weighted by atomic mass is 10.0. The molecule has 3 nitrogen and oxygen atoms in total. The van der Waals surface area contributed by atoms with Gasteiger partial charge in [0.1, 0.15) is 11.9 Å². The van der Waals surface area contributed by atoms with Crippen molar-refractivity contribution in [2.75, 3.05) is 0 Å². The van der Waals surface area contributed by atoms with E-state index in [0.717, 1.165) is 22.7 Å². The number of benzene rings is 1. The van der Waals surface area contributed by atoms with Gasteiger partial charge in [0, 0.05) is 17.1 Å². The molecular weight excluding hydrogens is 255 g/mol. The lowest BCUT2D eigenvalue weighted by Gasteiger charge is -2.12. The van der Waals surface area contributed by atoms with Crippen LogP contribution in [-0.4, -0.2) is 15.1 Å². The zero-order valence-corrected chi connectivity index (χ0v) is 10.9. The van der Waals surface area contributed by atoms with Crippen LogP contribution in [0.3, 0.4) is 0 Å². The Bertz CT molecular complexity index is 773. The first-order valence-corrected chi connectivity index (χ1v) is 6.30. The highest BCUT2D eigenvalue weighted by Gasteiger charge is 2.14. The second-order valence-electron chi connectivity index (χ2n) is 4.72. The Morgan fingerprint density at radius 1 is 1.15 bits per heavy atom. The summed E-state index contributed by atoms with van der Waals surface area (Å²) < 4.78 is 13.2. The molecule has 3 rings (SSSR count). The number of hydrogen-bond donors (Lipinski definition) is 1. The minimum atomic E-state index is -0.985. The van der Waals surface area contributed by atoms with Gasteiger partial charge in [0.2, 0.25) is 0 Å². The first-order valence-electron chi connectivity index (χ1n) is 6.30. The number of aliphatic hydroxyl groups is 1. The second kappa shape index (κ2) is 4.98. The van der Waals surface area contributed by atoms with E-state index in [4.69, 9.17) is 0 Å². The van der Waals surface area contributed by atoms with Crippen LogP contribution in [-0.2, 0) is 0 Å². The third kappa shape index (κ3) is 2.26. The Balaban J connectivity index is 2.10. The predicted octanol–water partition coefficient (Wildman–Crippen LogP) is 3.16. The number of hydrogen-bond acceptors (Lipinski definition) is 3. The third-order valence-electron chi connectivity index (χ3n) is 3.26. The van der Waals surface area contributed by atoms with E-state index in [9.17, 15) is 9.50 Å². The molecule has 0 radical (unpaired) electrons. The summed E-state index contributed by atoms with van der Waals surface area (Å²) in [7, 11) is 0. The molecule has 4 heteroatoms. The van der Waals surface area contributed by atoms with Crippen LogP contribution >= 0.6 is 0 Å². The van der Waals surface area contributed by atoms with Crippen molar-refractivity contribution in [3.05, 3.63) is 71.4 Å². The van der Waals surface area contributed by atoms with Crippen LogP contribution in [0, 0.1) is 12.7 Å². The normalized spacial score (nSPS) is 12.6. The second-order valence-corrected chi connectivity index (χ2v) is 4.72. The van der Waals surface area contributed by atoms with Crippen LogP contribution in [0.4, 0.5) is 4.39 Å². The van der Waals surface area contributed by atoms with Crippen molar-refractivity contribution in [2.24, 2.45) is 0 Å². The molecule has 0 saturated carbocycles. The average Bonchev–Trinajstić information content (AvgIpc) is 2.46. The van der Waals surface area contributed by atoms with Crippen molar-refractivity contribution in [1.29, 1.82) is 0 Å². The monoisotopic (exact) mass is 268 g/mol. The molecule has 0 bridgehead atoms. The van der Waals surface area contributed by atoms with Gasteiger partial charge in [-0.25, -0.2) is 9.37 Å². The topological polar surface area (TPSA) is 46.0 Å². The Morgan fingerprint density at radius 2 is 1.95 bits per heavy atom. The van der Waals surface area contributed by atoms with Gasteiger partial charge in [-0.2, -0.15) is 0 Å². The Kier molecular flexibility index (Phi) is 3.16. The molecule has 1 unspecified atom stereocenters. The number of pyridine rings is 2. The molecule has 0 aliphatic rings. The summed E-state index contributed by atoms with van der Waals surface area (Å²) in [6.07, 6.45) is 1.57. The fraction of sp³-hybridized carbons (Fsp3) is 0.125. The molecule has 1 atom stereocenters. The van der Waals surface area contributed by atoms with Crippen molar-refractivity contribution in [1.82, 2.24) is 9.97 Å². The van der Waals surface area contributed by atoms with Crippen LogP contribution in [0.5, 0.6) is 0 Å². The van der Waals surface area contributed by atoms with E-state index in [-0.39, 0.29) is 0 Å². The maximum atomic E-state index is 13.2. The van der Waals surface area contributed by atoms with E-state index in [1.54, 1.807) is 0 Å². The Labute approximate surface area is 115 Å².